The Morgan fingerprint density at radius 1 is 1.15 bits per heavy atom. The molecule has 0 spiro atoms. The zero-order chi connectivity index (χ0) is 17.8. The van der Waals surface area contributed by atoms with E-state index in [2.05, 4.69) is 51.1 Å². The third-order valence-corrected chi connectivity index (χ3v) is 5.84. The van der Waals surface area contributed by atoms with E-state index in [4.69, 9.17) is 4.74 Å². The summed E-state index contributed by atoms with van der Waals surface area (Å²) in [6.45, 7) is 4.34. The smallest absolute Gasteiger partial charge is 0.119 e. The molecule has 26 heavy (non-hydrogen) atoms. The Balaban J connectivity index is 1.37. The number of likely N-dealkylation sites (tertiary alicyclic amines) is 1. The summed E-state index contributed by atoms with van der Waals surface area (Å²) in [5.74, 6) is 2.15. The fourth-order valence-corrected chi connectivity index (χ4v) is 4.37. The molecule has 2 N–H and O–H groups in total. The second-order valence-corrected chi connectivity index (χ2v) is 7.40. The zero-order valence-corrected chi connectivity index (χ0v) is 15.4. The first-order chi connectivity index (χ1) is 12.8. The van der Waals surface area contributed by atoms with Crippen molar-refractivity contribution >= 4 is 0 Å². The molecule has 2 atom stereocenters. The van der Waals surface area contributed by atoms with Crippen molar-refractivity contribution in [3.63, 3.8) is 0 Å². The molecule has 0 radical (unpaired) electrons. The maximum Gasteiger partial charge on any atom is 0.119 e. The average Bonchev–Trinajstić information content (AvgIpc) is 3.19. The lowest BCUT2D eigenvalue weighted by molar-refractivity contribution is 0.152. The highest BCUT2D eigenvalue weighted by atomic mass is 16.5. The van der Waals surface area contributed by atoms with Gasteiger partial charge >= 0.3 is 0 Å². The number of hydrazine groups is 1. The molecule has 2 fully saturated rings. The molecule has 1 aromatic carbocycles. The number of nitrogens with one attached hydrogen (secondary N) is 2. The van der Waals surface area contributed by atoms with Gasteiger partial charge in [0.15, 0.2) is 0 Å². The number of rotatable bonds is 5. The average molecular weight is 352 g/mol. The van der Waals surface area contributed by atoms with Gasteiger partial charge in [-0.25, -0.2) is 0 Å². The molecule has 2 aliphatic heterocycles. The number of hydrogen-bond donors (Lipinski definition) is 2. The van der Waals surface area contributed by atoms with Crippen LogP contribution in [0.15, 0.2) is 48.8 Å². The van der Waals surface area contributed by atoms with Gasteiger partial charge in [0, 0.05) is 37.4 Å². The summed E-state index contributed by atoms with van der Waals surface area (Å²) in [6, 6.07) is 13.3. The fraction of sp³-hybridized carbons (Fsp3) is 0.476. The standard InChI is InChI=1S/C21H28N4O/c1-26-19-4-2-3-18(13-19)20-14-23-24-21(20)17-7-11-25(12-8-17)15-16-5-9-22-10-6-16/h2-6,9-10,13,17,20-21,23-24H,7-8,11-12,14-15H2,1H3. The van der Waals surface area contributed by atoms with E-state index in [9.17, 15) is 0 Å². The van der Waals surface area contributed by atoms with Crippen LogP contribution in [0.5, 0.6) is 5.75 Å². The predicted molar refractivity (Wildman–Crippen MR) is 103 cm³/mol. The van der Waals surface area contributed by atoms with Crippen molar-refractivity contribution in [2.24, 2.45) is 5.92 Å². The highest BCUT2D eigenvalue weighted by Gasteiger charge is 2.36. The van der Waals surface area contributed by atoms with Crippen LogP contribution in [-0.4, -0.2) is 42.7 Å². The fourth-order valence-electron chi connectivity index (χ4n) is 4.37. The lowest BCUT2D eigenvalue weighted by Crippen LogP contribution is -2.44. The van der Waals surface area contributed by atoms with Crippen molar-refractivity contribution in [3.05, 3.63) is 59.9 Å². The van der Waals surface area contributed by atoms with Gasteiger partial charge in [-0.15, -0.1) is 0 Å². The van der Waals surface area contributed by atoms with Gasteiger partial charge in [0.1, 0.15) is 5.75 Å². The minimum absolute atomic E-state index is 0.491. The van der Waals surface area contributed by atoms with Gasteiger partial charge in [-0.1, -0.05) is 12.1 Å². The van der Waals surface area contributed by atoms with Crippen LogP contribution in [0, 0.1) is 5.92 Å². The monoisotopic (exact) mass is 352 g/mol. The second-order valence-electron chi connectivity index (χ2n) is 7.40. The van der Waals surface area contributed by atoms with Crippen LogP contribution >= 0.6 is 0 Å². The second kappa shape index (κ2) is 8.16. The van der Waals surface area contributed by atoms with Crippen molar-refractivity contribution in [2.45, 2.75) is 31.3 Å². The summed E-state index contributed by atoms with van der Waals surface area (Å²) in [7, 11) is 1.74. The van der Waals surface area contributed by atoms with E-state index in [1.54, 1.807) is 7.11 Å². The Labute approximate surface area is 155 Å². The zero-order valence-electron chi connectivity index (χ0n) is 15.4. The summed E-state index contributed by atoms with van der Waals surface area (Å²) < 4.78 is 5.41. The molecule has 5 heteroatoms. The van der Waals surface area contributed by atoms with Crippen molar-refractivity contribution < 1.29 is 4.74 Å². The SMILES string of the molecule is COc1cccc(C2CNNC2C2CCN(Cc3ccncc3)CC2)c1. The molecule has 0 amide bonds. The van der Waals surface area contributed by atoms with E-state index in [-0.39, 0.29) is 0 Å². The van der Waals surface area contributed by atoms with Crippen LogP contribution in [-0.2, 0) is 6.54 Å². The summed E-state index contributed by atoms with van der Waals surface area (Å²) in [5.41, 5.74) is 9.68. The van der Waals surface area contributed by atoms with Crippen LogP contribution in [0.25, 0.3) is 0 Å². The third-order valence-electron chi connectivity index (χ3n) is 5.84. The van der Waals surface area contributed by atoms with E-state index in [0.29, 0.717) is 17.9 Å². The summed E-state index contributed by atoms with van der Waals surface area (Å²) >= 11 is 0. The number of aromatic nitrogens is 1. The maximum atomic E-state index is 5.41. The third kappa shape index (κ3) is 3.90. The minimum atomic E-state index is 0.491. The first-order valence-electron chi connectivity index (χ1n) is 9.57. The largest absolute Gasteiger partial charge is 0.497 e. The molecule has 2 saturated heterocycles. The predicted octanol–water partition coefficient (Wildman–Crippen LogP) is 2.56. The number of piperidine rings is 1. The molecule has 4 rings (SSSR count). The normalized spacial score (nSPS) is 24.7. The van der Waals surface area contributed by atoms with Gasteiger partial charge in [-0.3, -0.25) is 20.7 Å². The molecule has 5 nitrogen and oxygen atoms in total. The number of nitrogens with zero attached hydrogens (tertiary/aromatic N) is 2. The van der Waals surface area contributed by atoms with Crippen molar-refractivity contribution in [1.82, 2.24) is 20.7 Å². The van der Waals surface area contributed by atoms with E-state index < -0.39 is 0 Å². The molecule has 138 valence electrons. The summed E-state index contributed by atoms with van der Waals surface area (Å²) in [6.07, 6.45) is 6.25. The Morgan fingerprint density at radius 3 is 2.73 bits per heavy atom. The van der Waals surface area contributed by atoms with Crippen LogP contribution in [0.4, 0.5) is 0 Å². The molecule has 0 saturated carbocycles. The van der Waals surface area contributed by atoms with Gasteiger partial charge in [-0.2, -0.15) is 0 Å². The van der Waals surface area contributed by atoms with Crippen LogP contribution < -0.4 is 15.6 Å². The van der Waals surface area contributed by atoms with Crippen molar-refractivity contribution in [3.8, 4) is 5.75 Å². The number of methoxy groups -OCH3 is 1. The molecular weight excluding hydrogens is 324 g/mol. The van der Waals surface area contributed by atoms with Gasteiger partial charge in [-0.05, 0) is 67.2 Å². The van der Waals surface area contributed by atoms with Gasteiger partial charge in [0.25, 0.3) is 0 Å². The van der Waals surface area contributed by atoms with E-state index in [1.807, 2.05) is 18.5 Å². The Bertz CT molecular complexity index is 700. The molecule has 0 bridgehead atoms. The number of hydrogen-bond acceptors (Lipinski definition) is 5. The summed E-state index contributed by atoms with van der Waals surface area (Å²) in [5, 5.41) is 0. The van der Waals surface area contributed by atoms with Gasteiger partial charge < -0.3 is 4.74 Å². The van der Waals surface area contributed by atoms with Crippen LogP contribution in [0.2, 0.25) is 0 Å². The van der Waals surface area contributed by atoms with E-state index in [0.717, 1.165) is 31.9 Å². The number of benzene rings is 1. The molecule has 1 aromatic heterocycles. The number of ether oxygens (including phenoxy) is 1. The number of pyridine rings is 1. The molecular formula is C21H28N4O. The highest BCUT2D eigenvalue weighted by Crippen LogP contribution is 2.33. The van der Waals surface area contributed by atoms with Gasteiger partial charge in [0.2, 0.25) is 0 Å². The van der Waals surface area contributed by atoms with Gasteiger partial charge in [0.05, 0.1) is 7.11 Å². The van der Waals surface area contributed by atoms with Crippen LogP contribution in [0.1, 0.15) is 29.9 Å². The van der Waals surface area contributed by atoms with Crippen molar-refractivity contribution in [1.29, 1.82) is 0 Å². The Hall–Kier alpha value is -1.95. The van der Waals surface area contributed by atoms with Crippen LogP contribution in [0.3, 0.4) is 0 Å². The Morgan fingerprint density at radius 2 is 1.96 bits per heavy atom. The lowest BCUT2D eigenvalue weighted by atomic mass is 9.80. The molecule has 2 aliphatic rings. The topological polar surface area (TPSA) is 49.4 Å². The van der Waals surface area contributed by atoms with E-state index >= 15 is 0 Å². The maximum absolute atomic E-state index is 5.41. The van der Waals surface area contributed by atoms with E-state index in [1.165, 1.54) is 24.0 Å². The molecule has 2 aromatic rings. The summed E-state index contributed by atoms with van der Waals surface area (Å²) in [4.78, 5) is 6.67. The highest BCUT2D eigenvalue weighted by molar-refractivity contribution is 5.32. The molecule has 0 aliphatic carbocycles. The first kappa shape index (κ1) is 17.5. The quantitative estimate of drug-likeness (QED) is 0.866. The minimum Gasteiger partial charge on any atom is -0.497 e. The Kier molecular flexibility index (Phi) is 5.48. The molecule has 3 heterocycles. The molecule has 2 unspecified atom stereocenters. The van der Waals surface area contributed by atoms with Crippen molar-refractivity contribution in [2.75, 3.05) is 26.7 Å². The first-order valence-corrected chi connectivity index (χ1v) is 9.57. The lowest BCUT2D eigenvalue weighted by Gasteiger charge is -2.36.